The molecule has 2 aromatic rings. The summed E-state index contributed by atoms with van der Waals surface area (Å²) in [5.41, 5.74) is 5.72. The molecule has 3 aliphatic carbocycles. The number of rotatable bonds is 4. The Balaban J connectivity index is 1.60. The highest BCUT2D eigenvalue weighted by Crippen LogP contribution is 2.62. The smallest absolute Gasteiger partial charge is 0.410 e. The highest BCUT2D eigenvalue weighted by Gasteiger charge is 2.57. The molecular weight excluding hydrogens is 666 g/mol. The summed E-state index contributed by atoms with van der Waals surface area (Å²) in [6, 6.07) is 5.68. The minimum absolute atomic E-state index is 0.0526. The van der Waals surface area contributed by atoms with Crippen molar-refractivity contribution in [3.05, 3.63) is 63.5 Å². The molecule has 3 nitrogen and oxygen atoms in total. The van der Waals surface area contributed by atoms with Crippen molar-refractivity contribution < 1.29 is 22.3 Å². The van der Waals surface area contributed by atoms with E-state index in [9.17, 15) is 13.2 Å². The summed E-state index contributed by atoms with van der Waals surface area (Å²) in [4.78, 5) is 5.53. The van der Waals surface area contributed by atoms with Crippen LogP contribution in [0.25, 0.3) is 0 Å². The number of benzene rings is 1. The second-order valence-corrected chi connectivity index (χ2v) is 21.8. The number of alkyl halides is 4. The summed E-state index contributed by atoms with van der Waals surface area (Å²) in [6.45, 7) is 16.2. The molecule has 2 unspecified atom stereocenters. The van der Waals surface area contributed by atoms with Gasteiger partial charge in [0.1, 0.15) is 11.7 Å². The molecule has 42 heavy (non-hydrogen) atoms. The molecule has 6 rings (SSSR count). The Morgan fingerprint density at radius 1 is 1.00 bits per heavy atom. The van der Waals surface area contributed by atoms with Gasteiger partial charge in [-0.1, -0.05) is 75.8 Å². The standard InChI is InChI=1S/C34H45F3INO2Si/c1-31(2,3)42(6,7)41-24-19-32(4,5)18-23-26(24)28-27(29(39-23)20-10-8-11-20)30(40-33(28)17-9-12-25(33)38)21-13-15-22(16-14-21)34(35,36)37/h13-16,20,24-25,30H,8-12,17-19H2,1-7H3/t24-,25?,30+,33?/m0/s1. The van der Waals surface area contributed by atoms with Crippen LogP contribution in [0.3, 0.4) is 0 Å². The first-order valence-electron chi connectivity index (χ1n) is 15.7. The molecule has 230 valence electrons. The van der Waals surface area contributed by atoms with E-state index in [0.717, 1.165) is 61.8 Å². The summed E-state index contributed by atoms with van der Waals surface area (Å²) in [5, 5.41) is 0.0628. The third-order valence-electron chi connectivity index (χ3n) is 10.9. The van der Waals surface area contributed by atoms with Crippen LogP contribution in [0.5, 0.6) is 0 Å². The maximum atomic E-state index is 13.5. The van der Waals surface area contributed by atoms with E-state index in [4.69, 9.17) is 14.1 Å². The van der Waals surface area contributed by atoms with Gasteiger partial charge in [0, 0.05) is 32.2 Å². The number of ether oxygens (including phenoxy) is 1. The fourth-order valence-corrected chi connectivity index (χ4v) is 9.88. The van der Waals surface area contributed by atoms with Gasteiger partial charge in [-0.3, -0.25) is 4.98 Å². The van der Waals surface area contributed by atoms with Crippen molar-refractivity contribution in [2.24, 2.45) is 5.41 Å². The molecule has 1 aliphatic heterocycles. The molecule has 1 spiro atoms. The Hall–Kier alpha value is -0.973. The van der Waals surface area contributed by atoms with Gasteiger partial charge >= 0.3 is 6.18 Å². The van der Waals surface area contributed by atoms with Gasteiger partial charge in [0.15, 0.2) is 8.32 Å². The summed E-state index contributed by atoms with van der Waals surface area (Å²) in [7, 11) is -2.14. The Labute approximate surface area is 264 Å². The van der Waals surface area contributed by atoms with Crippen LogP contribution in [0, 0.1) is 5.41 Å². The summed E-state index contributed by atoms with van der Waals surface area (Å²) in [5.74, 6) is 0.374. The number of halogens is 4. The molecule has 1 aromatic carbocycles. The van der Waals surface area contributed by atoms with E-state index in [0.29, 0.717) is 5.92 Å². The predicted molar refractivity (Wildman–Crippen MR) is 172 cm³/mol. The number of nitrogens with zero attached hydrogens (tertiary/aromatic N) is 1. The van der Waals surface area contributed by atoms with Crippen molar-refractivity contribution in [2.75, 3.05) is 0 Å². The number of hydrogen-bond donors (Lipinski definition) is 0. The van der Waals surface area contributed by atoms with Crippen LogP contribution in [0.2, 0.25) is 18.1 Å². The SMILES string of the molecule is CC1(C)Cc2nc(C3CCC3)c3c(c2[C@@H](O[Si](C)(C)C(C)(C)C)C1)C1(CCCC1I)O[C@@H]3c1ccc(C(F)(F)F)cc1. The fraction of sp³-hybridized carbons (Fsp3) is 0.676. The number of pyridine rings is 1. The maximum absolute atomic E-state index is 13.5. The van der Waals surface area contributed by atoms with E-state index in [1.165, 1.54) is 35.4 Å². The Morgan fingerprint density at radius 3 is 2.19 bits per heavy atom. The summed E-state index contributed by atoms with van der Waals surface area (Å²) in [6.07, 6.45) is 3.41. The van der Waals surface area contributed by atoms with Gasteiger partial charge in [0.2, 0.25) is 0 Å². The zero-order chi connectivity index (χ0) is 30.5. The van der Waals surface area contributed by atoms with Crippen molar-refractivity contribution in [2.45, 2.75) is 138 Å². The zero-order valence-electron chi connectivity index (χ0n) is 26.1. The van der Waals surface area contributed by atoms with Gasteiger partial charge in [-0.2, -0.15) is 13.2 Å². The fourth-order valence-electron chi connectivity index (χ4n) is 7.40. The lowest BCUT2D eigenvalue weighted by molar-refractivity contribution is -0.137. The van der Waals surface area contributed by atoms with Crippen LogP contribution in [0.15, 0.2) is 24.3 Å². The number of aromatic nitrogens is 1. The van der Waals surface area contributed by atoms with Crippen molar-refractivity contribution in [1.82, 2.24) is 4.98 Å². The normalized spacial score (nSPS) is 29.5. The first kappa shape index (κ1) is 31.0. The topological polar surface area (TPSA) is 31.4 Å². The van der Waals surface area contributed by atoms with E-state index in [1.807, 2.05) is 0 Å². The molecule has 2 fully saturated rings. The minimum atomic E-state index is -4.37. The molecule has 1 aromatic heterocycles. The summed E-state index contributed by atoms with van der Waals surface area (Å²) >= 11 is 2.58. The van der Waals surface area contributed by atoms with Crippen LogP contribution in [-0.4, -0.2) is 17.2 Å². The van der Waals surface area contributed by atoms with Crippen molar-refractivity contribution in [3.63, 3.8) is 0 Å². The van der Waals surface area contributed by atoms with Crippen molar-refractivity contribution >= 4 is 30.9 Å². The largest absolute Gasteiger partial charge is 0.416 e. The molecule has 0 amide bonds. The van der Waals surface area contributed by atoms with Crippen LogP contribution in [-0.2, 0) is 27.4 Å². The second-order valence-electron chi connectivity index (χ2n) is 15.6. The molecule has 0 N–H and O–H groups in total. The molecule has 2 saturated carbocycles. The lowest BCUT2D eigenvalue weighted by Crippen LogP contribution is -2.44. The van der Waals surface area contributed by atoms with Gasteiger partial charge in [0.05, 0.1) is 17.4 Å². The Morgan fingerprint density at radius 2 is 1.67 bits per heavy atom. The third-order valence-corrected chi connectivity index (χ3v) is 17.0. The van der Waals surface area contributed by atoms with E-state index in [2.05, 4.69) is 70.3 Å². The molecular formula is C34H45F3INO2Si. The second kappa shape index (κ2) is 10.3. The van der Waals surface area contributed by atoms with Crippen LogP contribution in [0.4, 0.5) is 13.2 Å². The first-order valence-corrected chi connectivity index (χ1v) is 19.8. The third kappa shape index (κ3) is 5.12. The predicted octanol–water partition coefficient (Wildman–Crippen LogP) is 10.7. The molecule has 4 aliphatic rings. The average molecular weight is 712 g/mol. The summed E-state index contributed by atoms with van der Waals surface area (Å²) < 4.78 is 55.4. The van der Waals surface area contributed by atoms with Gasteiger partial charge in [-0.05, 0) is 86.2 Å². The molecule has 8 heteroatoms. The lowest BCUT2D eigenvalue weighted by atomic mass is 9.69. The van der Waals surface area contributed by atoms with Gasteiger partial charge in [-0.15, -0.1) is 0 Å². The van der Waals surface area contributed by atoms with Gasteiger partial charge in [-0.25, -0.2) is 0 Å². The van der Waals surface area contributed by atoms with Gasteiger partial charge in [0.25, 0.3) is 0 Å². The lowest BCUT2D eigenvalue weighted by Gasteiger charge is -2.46. The Bertz CT molecular complexity index is 1360. The molecule has 2 heterocycles. The molecule has 0 bridgehead atoms. The van der Waals surface area contributed by atoms with Crippen LogP contribution in [0.1, 0.15) is 137 Å². The number of hydrogen-bond acceptors (Lipinski definition) is 3. The van der Waals surface area contributed by atoms with E-state index < -0.39 is 31.8 Å². The Kier molecular flexibility index (Phi) is 7.59. The highest BCUT2D eigenvalue weighted by atomic mass is 127. The zero-order valence-corrected chi connectivity index (χ0v) is 29.2. The van der Waals surface area contributed by atoms with E-state index in [1.54, 1.807) is 12.1 Å². The van der Waals surface area contributed by atoms with E-state index >= 15 is 0 Å². The maximum Gasteiger partial charge on any atom is 0.416 e. The van der Waals surface area contributed by atoms with Gasteiger partial charge < -0.3 is 9.16 Å². The minimum Gasteiger partial charge on any atom is -0.410 e. The van der Waals surface area contributed by atoms with E-state index in [-0.39, 0.29) is 20.5 Å². The first-order chi connectivity index (χ1) is 19.4. The molecule has 0 saturated heterocycles. The monoisotopic (exact) mass is 711 g/mol. The molecule has 4 atom stereocenters. The quantitative estimate of drug-likeness (QED) is 0.180. The highest BCUT2D eigenvalue weighted by molar-refractivity contribution is 14.1. The number of fused-ring (bicyclic) bond motifs is 4. The van der Waals surface area contributed by atoms with Crippen molar-refractivity contribution in [1.29, 1.82) is 0 Å². The van der Waals surface area contributed by atoms with Crippen LogP contribution < -0.4 is 0 Å². The van der Waals surface area contributed by atoms with Crippen LogP contribution >= 0.6 is 22.6 Å². The molecule has 0 radical (unpaired) electrons. The average Bonchev–Trinajstić information content (AvgIpc) is 3.36. The van der Waals surface area contributed by atoms with Crippen molar-refractivity contribution in [3.8, 4) is 0 Å².